The first-order chi connectivity index (χ1) is 7.24. The summed E-state index contributed by atoms with van der Waals surface area (Å²) in [5.74, 6) is -1.47. The molecule has 1 aromatic carbocycles. The zero-order chi connectivity index (χ0) is 12.5. The summed E-state index contributed by atoms with van der Waals surface area (Å²) in [6, 6.07) is 2.92. The van der Waals surface area contributed by atoms with Crippen LogP contribution < -0.4 is 0 Å². The molecule has 5 heteroatoms. The van der Waals surface area contributed by atoms with E-state index in [0.29, 0.717) is 10.0 Å². The molecule has 0 aliphatic rings. The van der Waals surface area contributed by atoms with E-state index >= 15 is 0 Å². The smallest absolute Gasteiger partial charge is 0.304 e. The average Bonchev–Trinajstić information content (AvgIpc) is 2.11. The van der Waals surface area contributed by atoms with Gasteiger partial charge in [-0.1, -0.05) is 25.4 Å². The predicted octanol–water partition coefficient (Wildman–Crippen LogP) is 3.99. The molecule has 0 unspecified atom stereocenters. The van der Waals surface area contributed by atoms with Gasteiger partial charge in [0.05, 0.1) is 11.4 Å². The number of aliphatic carboxylic acids is 1. The van der Waals surface area contributed by atoms with E-state index in [-0.39, 0.29) is 11.4 Å². The quantitative estimate of drug-likeness (QED) is 0.857. The lowest BCUT2D eigenvalue weighted by molar-refractivity contribution is -0.138. The van der Waals surface area contributed by atoms with Gasteiger partial charge in [0, 0.05) is 9.89 Å². The second-order valence-electron chi connectivity index (χ2n) is 4.21. The first kappa shape index (κ1) is 13.5. The number of halogens is 3. The third kappa shape index (κ3) is 2.95. The van der Waals surface area contributed by atoms with Gasteiger partial charge in [0.15, 0.2) is 0 Å². The summed E-state index contributed by atoms with van der Waals surface area (Å²) in [5, 5.41) is 8.78. The van der Waals surface area contributed by atoms with Gasteiger partial charge in [0.2, 0.25) is 0 Å². The van der Waals surface area contributed by atoms with Crippen LogP contribution in [0.5, 0.6) is 0 Å². The Kier molecular flexibility index (Phi) is 3.97. The molecule has 0 saturated heterocycles. The molecule has 0 saturated carbocycles. The van der Waals surface area contributed by atoms with E-state index in [4.69, 9.17) is 16.7 Å². The highest BCUT2D eigenvalue weighted by molar-refractivity contribution is 9.10. The van der Waals surface area contributed by atoms with Gasteiger partial charge in [-0.25, -0.2) is 4.39 Å². The maximum Gasteiger partial charge on any atom is 0.304 e. The van der Waals surface area contributed by atoms with Crippen molar-refractivity contribution in [1.29, 1.82) is 0 Å². The maximum atomic E-state index is 13.4. The zero-order valence-electron chi connectivity index (χ0n) is 8.85. The highest BCUT2D eigenvalue weighted by Crippen LogP contribution is 2.34. The molecule has 0 atom stereocenters. The normalized spacial score (nSPS) is 11.6. The van der Waals surface area contributed by atoms with Crippen molar-refractivity contribution in [1.82, 2.24) is 0 Å². The molecule has 1 aromatic rings. The minimum Gasteiger partial charge on any atom is -0.481 e. The van der Waals surface area contributed by atoms with Crippen LogP contribution in [0.15, 0.2) is 16.6 Å². The number of hydrogen-bond acceptors (Lipinski definition) is 1. The lowest BCUT2D eigenvalue weighted by Gasteiger charge is -2.23. The monoisotopic (exact) mass is 308 g/mol. The highest BCUT2D eigenvalue weighted by atomic mass is 79.9. The molecule has 0 fully saturated rings. The Morgan fingerprint density at radius 1 is 1.56 bits per heavy atom. The molecule has 0 aliphatic carbocycles. The SMILES string of the molecule is CC(C)(CC(=O)O)c1cc(F)c(Cl)c(Br)c1. The van der Waals surface area contributed by atoms with Crippen LogP contribution in [0.4, 0.5) is 4.39 Å². The minimum absolute atomic E-state index is 0.00914. The van der Waals surface area contributed by atoms with Gasteiger partial charge in [0.25, 0.3) is 0 Å². The lowest BCUT2D eigenvalue weighted by Crippen LogP contribution is -2.21. The maximum absolute atomic E-state index is 13.4. The molecule has 0 aliphatic heterocycles. The molecule has 0 aromatic heterocycles. The molecule has 0 radical (unpaired) electrons. The highest BCUT2D eigenvalue weighted by Gasteiger charge is 2.25. The molecule has 0 amide bonds. The van der Waals surface area contributed by atoms with Gasteiger partial charge in [-0.3, -0.25) is 4.79 Å². The summed E-state index contributed by atoms with van der Waals surface area (Å²) in [6.07, 6.45) is -0.0689. The van der Waals surface area contributed by atoms with E-state index in [9.17, 15) is 9.18 Å². The van der Waals surface area contributed by atoms with Gasteiger partial charge in [-0.05, 0) is 33.6 Å². The number of hydrogen-bond donors (Lipinski definition) is 1. The molecule has 0 spiro atoms. The van der Waals surface area contributed by atoms with Crippen LogP contribution in [0.3, 0.4) is 0 Å². The number of carboxylic acids is 1. The van der Waals surface area contributed by atoms with Crippen LogP contribution in [0.1, 0.15) is 25.8 Å². The topological polar surface area (TPSA) is 37.3 Å². The van der Waals surface area contributed by atoms with Crippen molar-refractivity contribution in [2.75, 3.05) is 0 Å². The van der Waals surface area contributed by atoms with Gasteiger partial charge in [0.1, 0.15) is 5.82 Å². The summed E-state index contributed by atoms with van der Waals surface area (Å²) in [4.78, 5) is 10.7. The van der Waals surface area contributed by atoms with Crippen molar-refractivity contribution in [2.45, 2.75) is 25.7 Å². The number of benzene rings is 1. The summed E-state index contributed by atoms with van der Waals surface area (Å²) >= 11 is 8.80. The Morgan fingerprint density at radius 2 is 2.12 bits per heavy atom. The van der Waals surface area contributed by atoms with Crippen molar-refractivity contribution in [2.24, 2.45) is 0 Å². The van der Waals surface area contributed by atoms with Crippen LogP contribution >= 0.6 is 27.5 Å². The van der Waals surface area contributed by atoms with Crippen molar-refractivity contribution >= 4 is 33.5 Å². The zero-order valence-corrected chi connectivity index (χ0v) is 11.2. The third-order valence-corrected chi connectivity index (χ3v) is 3.60. The van der Waals surface area contributed by atoms with Crippen LogP contribution in [0.2, 0.25) is 5.02 Å². The van der Waals surface area contributed by atoms with Gasteiger partial charge in [-0.15, -0.1) is 0 Å². The van der Waals surface area contributed by atoms with Crippen LogP contribution in [0, 0.1) is 5.82 Å². The fourth-order valence-corrected chi connectivity index (χ4v) is 1.97. The molecule has 2 nitrogen and oxygen atoms in total. The largest absolute Gasteiger partial charge is 0.481 e. The van der Waals surface area contributed by atoms with Crippen LogP contribution in [-0.4, -0.2) is 11.1 Å². The molecule has 16 heavy (non-hydrogen) atoms. The first-order valence-electron chi connectivity index (χ1n) is 4.61. The Bertz CT molecular complexity index is 409. The average molecular weight is 310 g/mol. The molecule has 0 bridgehead atoms. The van der Waals surface area contributed by atoms with Crippen molar-refractivity contribution < 1.29 is 14.3 Å². The van der Waals surface area contributed by atoms with E-state index in [1.165, 1.54) is 6.07 Å². The standard InChI is InChI=1S/C11H11BrClFO2/c1-11(2,5-9(15)16)6-3-7(12)10(13)8(14)4-6/h3-4H,5H2,1-2H3,(H,15,16). The molecule has 0 heterocycles. The second kappa shape index (κ2) is 4.72. The van der Waals surface area contributed by atoms with Crippen LogP contribution in [-0.2, 0) is 10.2 Å². The minimum atomic E-state index is -0.920. The third-order valence-electron chi connectivity index (χ3n) is 2.36. The van der Waals surface area contributed by atoms with Gasteiger partial charge in [-0.2, -0.15) is 0 Å². The van der Waals surface area contributed by atoms with Crippen molar-refractivity contribution in [3.8, 4) is 0 Å². The number of carboxylic acid groups (broad SMARTS) is 1. The second-order valence-corrected chi connectivity index (χ2v) is 5.44. The van der Waals surface area contributed by atoms with Crippen molar-refractivity contribution in [3.63, 3.8) is 0 Å². The Morgan fingerprint density at radius 3 is 2.56 bits per heavy atom. The lowest BCUT2D eigenvalue weighted by atomic mass is 9.81. The molecular formula is C11H11BrClFO2. The van der Waals surface area contributed by atoms with E-state index in [2.05, 4.69) is 15.9 Å². The van der Waals surface area contributed by atoms with Crippen LogP contribution in [0.25, 0.3) is 0 Å². The summed E-state index contributed by atoms with van der Waals surface area (Å²) in [6.45, 7) is 3.49. The predicted molar refractivity (Wildman–Crippen MR) is 64.4 cm³/mol. The Balaban J connectivity index is 3.18. The molecule has 88 valence electrons. The van der Waals surface area contributed by atoms with E-state index in [1.54, 1.807) is 19.9 Å². The van der Waals surface area contributed by atoms with Gasteiger partial charge < -0.3 is 5.11 Å². The number of carbonyl (C=O) groups is 1. The fraction of sp³-hybridized carbons (Fsp3) is 0.364. The molecule has 1 rings (SSSR count). The Hall–Kier alpha value is -0.610. The van der Waals surface area contributed by atoms with E-state index in [1.807, 2.05) is 0 Å². The number of rotatable bonds is 3. The Labute approximate surface area is 107 Å². The molecule has 1 N–H and O–H groups in total. The van der Waals surface area contributed by atoms with E-state index in [0.717, 1.165) is 0 Å². The summed E-state index contributed by atoms with van der Waals surface area (Å²) in [7, 11) is 0. The summed E-state index contributed by atoms with van der Waals surface area (Å²) < 4.78 is 13.8. The van der Waals surface area contributed by atoms with Gasteiger partial charge >= 0.3 is 5.97 Å². The molecular weight excluding hydrogens is 298 g/mol. The van der Waals surface area contributed by atoms with Crippen molar-refractivity contribution in [3.05, 3.63) is 33.0 Å². The fourth-order valence-electron chi connectivity index (χ4n) is 1.43. The summed E-state index contributed by atoms with van der Waals surface area (Å²) in [5.41, 5.74) is -0.0385. The van der Waals surface area contributed by atoms with E-state index < -0.39 is 17.2 Å². The first-order valence-corrected chi connectivity index (χ1v) is 5.78.